The Bertz CT molecular complexity index is 328. The summed E-state index contributed by atoms with van der Waals surface area (Å²) in [5.74, 6) is -0.0406. The minimum Gasteiger partial charge on any atom is -0.399 e. The Hall–Kier alpha value is -1.09. The van der Waals surface area contributed by atoms with Crippen LogP contribution in [0.3, 0.4) is 0 Å². The second-order valence-corrected chi connectivity index (χ2v) is 4.26. The Balaban J connectivity index is 2.23. The lowest BCUT2D eigenvalue weighted by Crippen LogP contribution is -2.27. The zero-order chi connectivity index (χ0) is 10.9. The summed E-state index contributed by atoms with van der Waals surface area (Å²) >= 11 is 0. The second-order valence-electron chi connectivity index (χ2n) is 4.26. The fraction of sp³-hybridized carbons (Fsp3) is 0.500. The lowest BCUT2D eigenvalue weighted by atomic mass is 9.84. The maximum absolute atomic E-state index is 14.5. The molecule has 1 fully saturated rings. The van der Waals surface area contributed by atoms with Crippen molar-refractivity contribution < 1.29 is 9.13 Å². The highest BCUT2D eigenvalue weighted by atomic mass is 19.1. The van der Waals surface area contributed by atoms with E-state index >= 15 is 0 Å². The van der Waals surface area contributed by atoms with E-state index in [1.165, 1.54) is 0 Å². The van der Waals surface area contributed by atoms with Crippen LogP contribution in [0.4, 0.5) is 10.1 Å². The number of alkyl halides is 1. The molecule has 2 nitrogen and oxygen atoms in total. The van der Waals surface area contributed by atoms with Gasteiger partial charge in [0.25, 0.3) is 0 Å². The third-order valence-corrected chi connectivity index (χ3v) is 3.17. The predicted molar refractivity (Wildman–Crippen MR) is 58.2 cm³/mol. The third-order valence-electron chi connectivity index (χ3n) is 3.17. The predicted octanol–water partition coefficient (Wildman–Crippen LogP) is 2.49. The normalized spacial score (nSPS) is 25.1. The molecule has 1 aliphatic rings. The molecule has 2 N–H and O–H groups in total. The molecular weight excluding hydrogens is 193 g/mol. The molecule has 1 aliphatic heterocycles. The van der Waals surface area contributed by atoms with Crippen molar-refractivity contribution in [1.29, 1.82) is 0 Å². The standard InChI is InChI=1S/C12H16FNO/c1-12(13,10-6-7-15-8-10)9-2-4-11(14)5-3-9/h2-5,10H,6-8,14H2,1H3. The van der Waals surface area contributed by atoms with Crippen molar-refractivity contribution in [1.82, 2.24) is 0 Å². The molecule has 2 atom stereocenters. The summed E-state index contributed by atoms with van der Waals surface area (Å²) < 4.78 is 19.8. The first-order chi connectivity index (χ1) is 7.10. The van der Waals surface area contributed by atoms with Gasteiger partial charge in [-0.3, -0.25) is 0 Å². The molecule has 0 spiro atoms. The fourth-order valence-electron chi connectivity index (χ4n) is 2.01. The van der Waals surface area contributed by atoms with Gasteiger partial charge < -0.3 is 10.5 Å². The van der Waals surface area contributed by atoms with Crippen molar-refractivity contribution >= 4 is 5.69 Å². The molecule has 1 aromatic carbocycles. The van der Waals surface area contributed by atoms with Gasteiger partial charge in [0.15, 0.2) is 0 Å². The highest BCUT2D eigenvalue weighted by Crippen LogP contribution is 2.38. The summed E-state index contributed by atoms with van der Waals surface area (Å²) in [5.41, 5.74) is 5.61. The number of nitrogen functional groups attached to an aromatic ring is 1. The molecule has 82 valence electrons. The van der Waals surface area contributed by atoms with E-state index in [0.29, 0.717) is 24.5 Å². The molecule has 15 heavy (non-hydrogen) atoms. The van der Waals surface area contributed by atoms with E-state index in [1.807, 2.05) is 0 Å². The van der Waals surface area contributed by atoms with E-state index in [2.05, 4.69) is 0 Å². The van der Waals surface area contributed by atoms with Gasteiger partial charge in [-0.05, 0) is 31.0 Å². The number of hydrogen-bond acceptors (Lipinski definition) is 2. The van der Waals surface area contributed by atoms with Gasteiger partial charge in [-0.2, -0.15) is 0 Å². The summed E-state index contributed by atoms with van der Waals surface area (Å²) in [7, 11) is 0. The van der Waals surface area contributed by atoms with E-state index in [4.69, 9.17) is 10.5 Å². The molecule has 2 unspecified atom stereocenters. The van der Waals surface area contributed by atoms with Gasteiger partial charge in [-0.1, -0.05) is 12.1 Å². The van der Waals surface area contributed by atoms with Crippen LogP contribution in [-0.4, -0.2) is 13.2 Å². The molecule has 0 radical (unpaired) electrons. The van der Waals surface area contributed by atoms with Crippen molar-refractivity contribution in [3.05, 3.63) is 29.8 Å². The number of ether oxygens (including phenoxy) is 1. The molecule has 0 aliphatic carbocycles. The lowest BCUT2D eigenvalue weighted by molar-refractivity contribution is 0.0824. The first kappa shape index (κ1) is 10.4. The maximum atomic E-state index is 14.5. The molecular formula is C12H16FNO. The van der Waals surface area contributed by atoms with Gasteiger partial charge in [0.2, 0.25) is 0 Å². The Kier molecular flexibility index (Phi) is 2.65. The number of hydrogen-bond donors (Lipinski definition) is 1. The summed E-state index contributed by atoms with van der Waals surface area (Å²) in [6.45, 7) is 2.80. The first-order valence-corrected chi connectivity index (χ1v) is 5.23. The largest absolute Gasteiger partial charge is 0.399 e. The fourth-order valence-corrected chi connectivity index (χ4v) is 2.01. The molecule has 1 aromatic rings. The zero-order valence-electron chi connectivity index (χ0n) is 8.87. The topological polar surface area (TPSA) is 35.2 Å². The first-order valence-electron chi connectivity index (χ1n) is 5.23. The van der Waals surface area contributed by atoms with Crippen LogP contribution in [0.1, 0.15) is 18.9 Å². The molecule has 0 saturated carbocycles. The van der Waals surface area contributed by atoms with Crippen LogP contribution in [-0.2, 0) is 10.4 Å². The Morgan fingerprint density at radius 2 is 2.07 bits per heavy atom. The molecule has 0 aromatic heterocycles. The third kappa shape index (κ3) is 1.97. The van der Waals surface area contributed by atoms with Gasteiger partial charge in [0.1, 0.15) is 5.67 Å². The molecule has 1 saturated heterocycles. The molecule has 0 amide bonds. The minimum absolute atomic E-state index is 0.0406. The lowest BCUT2D eigenvalue weighted by Gasteiger charge is -2.26. The maximum Gasteiger partial charge on any atom is 0.138 e. The van der Waals surface area contributed by atoms with Crippen LogP contribution in [0.15, 0.2) is 24.3 Å². The highest BCUT2D eigenvalue weighted by molar-refractivity contribution is 5.41. The highest BCUT2D eigenvalue weighted by Gasteiger charge is 2.38. The van der Waals surface area contributed by atoms with Crippen molar-refractivity contribution in [3.63, 3.8) is 0 Å². The van der Waals surface area contributed by atoms with E-state index in [1.54, 1.807) is 31.2 Å². The van der Waals surface area contributed by atoms with Gasteiger partial charge in [0.05, 0.1) is 6.61 Å². The Morgan fingerprint density at radius 1 is 1.40 bits per heavy atom. The van der Waals surface area contributed by atoms with Crippen molar-refractivity contribution in [2.24, 2.45) is 5.92 Å². The van der Waals surface area contributed by atoms with E-state index in [-0.39, 0.29) is 5.92 Å². The Morgan fingerprint density at radius 3 is 2.60 bits per heavy atom. The van der Waals surface area contributed by atoms with Crippen LogP contribution < -0.4 is 5.73 Å². The minimum atomic E-state index is -1.32. The SMILES string of the molecule is CC(F)(c1ccc(N)cc1)C1CCOC1. The van der Waals surface area contributed by atoms with Crippen LogP contribution >= 0.6 is 0 Å². The van der Waals surface area contributed by atoms with E-state index < -0.39 is 5.67 Å². The average molecular weight is 209 g/mol. The van der Waals surface area contributed by atoms with E-state index in [0.717, 1.165) is 6.42 Å². The van der Waals surface area contributed by atoms with Crippen molar-refractivity contribution in [2.45, 2.75) is 19.0 Å². The molecule has 2 rings (SSSR count). The van der Waals surface area contributed by atoms with Crippen molar-refractivity contribution in [2.75, 3.05) is 18.9 Å². The number of halogens is 1. The van der Waals surface area contributed by atoms with Crippen LogP contribution in [0.5, 0.6) is 0 Å². The quantitative estimate of drug-likeness (QED) is 0.759. The number of rotatable bonds is 2. The number of anilines is 1. The second kappa shape index (κ2) is 3.81. The Labute approximate surface area is 89.2 Å². The van der Waals surface area contributed by atoms with E-state index in [9.17, 15) is 4.39 Å². The molecule has 0 bridgehead atoms. The van der Waals surface area contributed by atoms with Crippen LogP contribution in [0.25, 0.3) is 0 Å². The van der Waals surface area contributed by atoms with Crippen molar-refractivity contribution in [3.8, 4) is 0 Å². The summed E-state index contributed by atoms with van der Waals surface area (Å²) in [4.78, 5) is 0. The summed E-state index contributed by atoms with van der Waals surface area (Å²) in [6.07, 6.45) is 0.789. The number of nitrogens with two attached hydrogens (primary N) is 1. The zero-order valence-corrected chi connectivity index (χ0v) is 8.87. The van der Waals surface area contributed by atoms with Crippen LogP contribution in [0, 0.1) is 5.92 Å². The smallest absolute Gasteiger partial charge is 0.138 e. The number of benzene rings is 1. The van der Waals surface area contributed by atoms with Gasteiger partial charge in [-0.25, -0.2) is 4.39 Å². The molecule has 3 heteroatoms. The summed E-state index contributed by atoms with van der Waals surface area (Å²) in [5, 5.41) is 0. The van der Waals surface area contributed by atoms with Gasteiger partial charge >= 0.3 is 0 Å². The summed E-state index contributed by atoms with van der Waals surface area (Å²) in [6, 6.07) is 6.99. The monoisotopic (exact) mass is 209 g/mol. The van der Waals surface area contributed by atoms with Gasteiger partial charge in [0, 0.05) is 18.2 Å². The molecule has 1 heterocycles. The van der Waals surface area contributed by atoms with Gasteiger partial charge in [-0.15, -0.1) is 0 Å². The average Bonchev–Trinajstić information content (AvgIpc) is 2.71. The van der Waals surface area contributed by atoms with Crippen LogP contribution in [0.2, 0.25) is 0 Å².